The Morgan fingerprint density at radius 3 is 1.50 bits per heavy atom. The zero-order valence-corrected chi connectivity index (χ0v) is 4.76. The van der Waals surface area contributed by atoms with Gasteiger partial charge in [-0.1, -0.05) is 0 Å². The SMILES string of the molecule is CC=O.N.NC(N)=O. The molecule has 0 aliphatic heterocycles. The maximum atomic E-state index is 9.00. The van der Waals surface area contributed by atoms with E-state index in [1.807, 2.05) is 0 Å². The Hall–Kier alpha value is -1.10. The molecule has 0 heterocycles. The third-order valence-electron chi connectivity index (χ3n) is 0. The first-order valence-electron chi connectivity index (χ1n) is 1.59. The van der Waals surface area contributed by atoms with Crippen molar-refractivity contribution >= 4 is 12.3 Å². The van der Waals surface area contributed by atoms with Gasteiger partial charge in [0.2, 0.25) is 0 Å². The largest absolute Gasteiger partial charge is 0.352 e. The van der Waals surface area contributed by atoms with Crippen LogP contribution in [-0.4, -0.2) is 12.3 Å². The number of primary amides is 2. The molecule has 0 radical (unpaired) electrons. The molecule has 5 heteroatoms. The van der Waals surface area contributed by atoms with E-state index >= 15 is 0 Å². The number of nitrogens with two attached hydrogens (primary N) is 2. The summed E-state index contributed by atoms with van der Waals surface area (Å²) < 4.78 is 0. The smallest absolute Gasteiger partial charge is 0.309 e. The summed E-state index contributed by atoms with van der Waals surface area (Å²) in [5.74, 6) is 0. The predicted molar refractivity (Wildman–Crippen MR) is 30.5 cm³/mol. The van der Waals surface area contributed by atoms with Crippen LogP contribution in [-0.2, 0) is 4.79 Å². The molecule has 50 valence electrons. The number of carbonyl (C=O) groups is 2. The van der Waals surface area contributed by atoms with Gasteiger partial charge in [-0.15, -0.1) is 0 Å². The van der Waals surface area contributed by atoms with Crippen LogP contribution < -0.4 is 17.6 Å². The molecular weight excluding hydrogens is 110 g/mol. The zero-order chi connectivity index (χ0) is 6.28. The highest BCUT2D eigenvalue weighted by atomic mass is 16.2. The molecule has 0 aromatic heterocycles. The van der Waals surface area contributed by atoms with E-state index in [0.717, 1.165) is 6.29 Å². The van der Waals surface area contributed by atoms with Gasteiger partial charge in [0.15, 0.2) is 0 Å². The second-order valence-corrected chi connectivity index (χ2v) is 0.638. The molecule has 0 saturated carbocycles. The first-order valence-corrected chi connectivity index (χ1v) is 1.59. The fourth-order valence-electron chi connectivity index (χ4n) is 0. The van der Waals surface area contributed by atoms with Crippen LogP contribution in [0.1, 0.15) is 6.92 Å². The molecular formula is C3H11N3O2. The molecule has 2 amide bonds. The van der Waals surface area contributed by atoms with Crippen LogP contribution >= 0.6 is 0 Å². The van der Waals surface area contributed by atoms with Gasteiger partial charge < -0.3 is 22.4 Å². The van der Waals surface area contributed by atoms with Crippen molar-refractivity contribution < 1.29 is 9.59 Å². The number of aldehydes is 1. The molecule has 0 bridgehead atoms. The minimum Gasteiger partial charge on any atom is -0.352 e. The third-order valence-corrected chi connectivity index (χ3v) is 0. The van der Waals surface area contributed by atoms with E-state index in [2.05, 4.69) is 11.5 Å². The van der Waals surface area contributed by atoms with Crippen molar-refractivity contribution in [3.63, 3.8) is 0 Å². The van der Waals surface area contributed by atoms with Crippen molar-refractivity contribution in [2.45, 2.75) is 6.92 Å². The summed E-state index contributed by atoms with van der Waals surface area (Å²) in [6, 6.07) is -0.833. The van der Waals surface area contributed by atoms with E-state index in [-0.39, 0.29) is 6.15 Å². The minimum absolute atomic E-state index is 0. The molecule has 0 atom stereocenters. The van der Waals surface area contributed by atoms with Crippen LogP contribution in [0.4, 0.5) is 4.79 Å². The second kappa shape index (κ2) is 16.8. The van der Waals surface area contributed by atoms with Crippen molar-refractivity contribution in [1.82, 2.24) is 6.15 Å². The van der Waals surface area contributed by atoms with Gasteiger partial charge in [-0.2, -0.15) is 0 Å². The van der Waals surface area contributed by atoms with Gasteiger partial charge in [0, 0.05) is 0 Å². The van der Waals surface area contributed by atoms with Crippen LogP contribution in [0.25, 0.3) is 0 Å². The van der Waals surface area contributed by atoms with Crippen LogP contribution in [0.3, 0.4) is 0 Å². The fourth-order valence-corrected chi connectivity index (χ4v) is 0. The summed E-state index contributed by atoms with van der Waals surface area (Å²) in [5, 5.41) is 0. The Morgan fingerprint density at radius 1 is 1.50 bits per heavy atom. The summed E-state index contributed by atoms with van der Waals surface area (Å²) in [4.78, 5) is 17.8. The van der Waals surface area contributed by atoms with Crippen LogP contribution in [0.5, 0.6) is 0 Å². The molecule has 7 N–H and O–H groups in total. The molecule has 0 aliphatic carbocycles. The quantitative estimate of drug-likeness (QED) is 0.370. The van der Waals surface area contributed by atoms with Crippen molar-refractivity contribution in [3.8, 4) is 0 Å². The predicted octanol–water partition coefficient (Wildman–Crippen LogP) is -0.609. The maximum Gasteiger partial charge on any atom is 0.309 e. The molecule has 0 aliphatic rings. The molecule has 0 spiro atoms. The Labute approximate surface area is 47.6 Å². The summed E-state index contributed by atoms with van der Waals surface area (Å²) in [7, 11) is 0. The Kier molecular flexibility index (Phi) is 33.2. The lowest BCUT2D eigenvalue weighted by atomic mass is 11.0. The molecule has 0 saturated heterocycles. The number of hydrogen-bond acceptors (Lipinski definition) is 3. The Balaban J connectivity index is -0.0000000575. The summed E-state index contributed by atoms with van der Waals surface area (Å²) in [6.07, 6.45) is 0.750. The highest BCUT2D eigenvalue weighted by Gasteiger charge is 1.60. The zero-order valence-electron chi connectivity index (χ0n) is 4.76. The average molecular weight is 121 g/mol. The number of amides is 2. The molecule has 5 nitrogen and oxygen atoms in total. The second-order valence-electron chi connectivity index (χ2n) is 0.638. The van der Waals surface area contributed by atoms with Crippen LogP contribution in [0.2, 0.25) is 0 Å². The lowest BCUT2D eigenvalue weighted by molar-refractivity contribution is -0.106. The molecule has 0 aromatic rings. The van der Waals surface area contributed by atoms with E-state index in [0.29, 0.717) is 0 Å². The minimum atomic E-state index is -0.833. The molecule has 0 aromatic carbocycles. The van der Waals surface area contributed by atoms with Gasteiger partial charge in [-0.25, -0.2) is 4.79 Å². The summed E-state index contributed by atoms with van der Waals surface area (Å²) >= 11 is 0. The van der Waals surface area contributed by atoms with Gasteiger partial charge in [-0.3, -0.25) is 0 Å². The van der Waals surface area contributed by atoms with Crippen molar-refractivity contribution in [2.75, 3.05) is 0 Å². The van der Waals surface area contributed by atoms with Crippen molar-refractivity contribution in [3.05, 3.63) is 0 Å². The molecule has 0 fully saturated rings. The fraction of sp³-hybridized carbons (Fsp3) is 0.333. The number of urea groups is 1. The van der Waals surface area contributed by atoms with Gasteiger partial charge in [-0.05, 0) is 6.92 Å². The van der Waals surface area contributed by atoms with Crippen molar-refractivity contribution in [1.29, 1.82) is 0 Å². The number of carbonyl (C=O) groups excluding carboxylic acids is 2. The van der Waals surface area contributed by atoms with Crippen LogP contribution in [0, 0.1) is 0 Å². The van der Waals surface area contributed by atoms with Gasteiger partial charge in [0.05, 0.1) is 0 Å². The standard InChI is InChI=1S/C2H4O.CH4N2O.H3N/c1-2-3;2-1(3)4;/h2H,1H3;(H4,2,3,4);1H3. The maximum absolute atomic E-state index is 9.00. The lowest BCUT2D eigenvalue weighted by Gasteiger charge is -1.62. The van der Waals surface area contributed by atoms with E-state index < -0.39 is 6.03 Å². The summed E-state index contributed by atoms with van der Waals surface area (Å²) in [6.45, 7) is 1.44. The first kappa shape index (κ1) is 15.8. The highest BCUT2D eigenvalue weighted by Crippen LogP contribution is 1.25. The molecule has 0 rings (SSSR count). The van der Waals surface area contributed by atoms with E-state index in [4.69, 9.17) is 9.59 Å². The van der Waals surface area contributed by atoms with Gasteiger partial charge >= 0.3 is 6.03 Å². The van der Waals surface area contributed by atoms with E-state index in [1.54, 1.807) is 0 Å². The normalized spacial score (nSPS) is 4.62. The highest BCUT2D eigenvalue weighted by molar-refractivity contribution is 5.69. The summed E-state index contributed by atoms with van der Waals surface area (Å²) in [5.41, 5.74) is 8.50. The number of rotatable bonds is 0. The lowest BCUT2D eigenvalue weighted by Crippen LogP contribution is -2.18. The van der Waals surface area contributed by atoms with Gasteiger partial charge in [0.25, 0.3) is 0 Å². The number of hydrogen-bond donors (Lipinski definition) is 3. The third kappa shape index (κ3) is 61.6. The Bertz CT molecular complexity index is 59.5. The average Bonchev–Trinajstić information content (AvgIpc) is 1.33. The monoisotopic (exact) mass is 121 g/mol. The molecule has 0 unspecified atom stereocenters. The molecule has 8 heavy (non-hydrogen) atoms. The topological polar surface area (TPSA) is 121 Å². The van der Waals surface area contributed by atoms with E-state index in [1.165, 1.54) is 6.92 Å². The first-order chi connectivity index (χ1) is 3.15. The van der Waals surface area contributed by atoms with Crippen LogP contribution in [0.15, 0.2) is 0 Å². The Morgan fingerprint density at radius 2 is 1.50 bits per heavy atom. The van der Waals surface area contributed by atoms with Crippen molar-refractivity contribution in [2.24, 2.45) is 11.5 Å². The van der Waals surface area contributed by atoms with Gasteiger partial charge in [0.1, 0.15) is 6.29 Å². The van der Waals surface area contributed by atoms with E-state index in [9.17, 15) is 0 Å².